The number of likely N-dealkylation sites (N-methyl/N-ethyl adjacent to an activating group) is 1. The maximum absolute atomic E-state index is 11.8. The predicted molar refractivity (Wildman–Crippen MR) is 109 cm³/mol. The van der Waals surface area contributed by atoms with E-state index in [1.807, 2.05) is 6.07 Å². The molecule has 0 radical (unpaired) electrons. The number of aromatic nitrogens is 3. The summed E-state index contributed by atoms with van der Waals surface area (Å²) in [4.78, 5) is 37.8. The maximum Gasteiger partial charge on any atom is 0.228 e. The number of anilines is 2. The van der Waals surface area contributed by atoms with Crippen molar-refractivity contribution in [3.8, 4) is 17.3 Å². The van der Waals surface area contributed by atoms with E-state index in [0.29, 0.717) is 23.4 Å². The molecule has 0 aliphatic heterocycles. The number of hydrogen-bond acceptors (Lipinski definition) is 9. The molecule has 0 aromatic carbocycles. The van der Waals surface area contributed by atoms with Gasteiger partial charge in [0, 0.05) is 17.7 Å². The number of nitriles is 1. The molecule has 0 spiro atoms. The predicted octanol–water partition coefficient (Wildman–Crippen LogP) is 1.01. The second kappa shape index (κ2) is 8.52. The average molecular weight is 409 g/mol. The molecular weight excluding hydrogens is 386 g/mol. The van der Waals surface area contributed by atoms with Gasteiger partial charge in [-0.25, -0.2) is 9.97 Å². The number of carbonyl (C=O) groups excluding carboxylic acids is 2. The first kappa shape index (κ1) is 21.3. The fourth-order valence-corrected chi connectivity index (χ4v) is 2.94. The van der Waals surface area contributed by atoms with Crippen molar-refractivity contribution in [1.82, 2.24) is 19.9 Å². The van der Waals surface area contributed by atoms with Gasteiger partial charge in [0.15, 0.2) is 23.5 Å². The molecule has 2 aromatic heterocycles. The van der Waals surface area contributed by atoms with Gasteiger partial charge in [0.1, 0.15) is 6.07 Å². The van der Waals surface area contributed by atoms with Gasteiger partial charge in [-0.2, -0.15) is 5.26 Å². The molecule has 2 heterocycles. The molecule has 3 N–H and O–H groups in total. The van der Waals surface area contributed by atoms with Crippen LogP contribution in [0.1, 0.15) is 25.5 Å². The first-order chi connectivity index (χ1) is 14.3. The number of hydrogen-bond donors (Lipinski definition) is 3. The van der Waals surface area contributed by atoms with Crippen molar-refractivity contribution in [2.45, 2.75) is 31.5 Å². The molecule has 10 heteroatoms. The molecular formula is C20H23N7O3. The molecule has 3 rings (SSSR count). The SMILES string of the molecule is C[C@H](O)[C@](C=O)(Nc1cc(-c2cnc(NC(=O)C3CC3)cn2)cnc1C#N)N(C)C. The van der Waals surface area contributed by atoms with Crippen LogP contribution >= 0.6 is 0 Å². The van der Waals surface area contributed by atoms with Gasteiger partial charge in [0.2, 0.25) is 5.91 Å². The molecule has 30 heavy (non-hydrogen) atoms. The highest BCUT2D eigenvalue weighted by atomic mass is 16.3. The van der Waals surface area contributed by atoms with Crippen molar-refractivity contribution in [2.75, 3.05) is 24.7 Å². The highest BCUT2D eigenvalue weighted by Gasteiger charge is 2.38. The Kier molecular flexibility index (Phi) is 6.05. The number of nitrogens with one attached hydrogen (secondary N) is 2. The van der Waals surface area contributed by atoms with Crippen molar-refractivity contribution >= 4 is 23.7 Å². The van der Waals surface area contributed by atoms with Gasteiger partial charge < -0.3 is 15.7 Å². The lowest BCUT2D eigenvalue weighted by atomic mass is 10.0. The first-order valence-corrected chi connectivity index (χ1v) is 9.44. The number of nitrogens with zero attached hydrogens (tertiary/aromatic N) is 5. The second-order valence-corrected chi connectivity index (χ2v) is 7.42. The van der Waals surface area contributed by atoms with Crippen LogP contribution in [0.25, 0.3) is 11.3 Å². The summed E-state index contributed by atoms with van der Waals surface area (Å²) in [6, 6.07) is 3.59. The Morgan fingerprint density at radius 3 is 2.57 bits per heavy atom. The van der Waals surface area contributed by atoms with Crippen LogP contribution < -0.4 is 10.6 Å². The Balaban J connectivity index is 1.89. The zero-order chi connectivity index (χ0) is 21.9. The number of aliphatic hydroxyl groups is 1. The van der Waals surface area contributed by atoms with E-state index in [0.717, 1.165) is 12.8 Å². The Morgan fingerprint density at radius 1 is 1.33 bits per heavy atom. The monoisotopic (exact) mass is 409 g/mol. The minimum atomic E-state index is -1.45. The number of amides is 1. The lowest BCUT2D eigenvalue weighted by Gasteiger charge is -2.38. The molecule has 1 aliphatic rings. The first-order valence-electron chi connectivity index (χ1n) is 9.44. The van der Waals surface area contributed by atoms with Gasteiger partial charge in [-0.3, -0.25) is 19.5 Å². The van der Waals surface area contributed by atoms with Gasteiger partial charge in [-0.1, -0.05) is 0 Å². The van der Waals surface area contributed by atoms with Gasteiger partial charge in [0.05, 0.1) is 29.9 Å². The largest absolute Gasteiger partial charge is 0.389 e. The summed E-state index contributed by atoms with van der Waals surface area (Å²) in [7, 11) is 3.27. The van der Waals surface area contributed by atoms with Crippen molar-refractivity contribution in [3.05, 3.63) is 30.4 Å². The van der Waals surface area contributed by atoms with E-state index in [2.05, 4.69) is 25.6 Å². The normalized spacial score (nSPS) is 16.3. The maximum atomic E-state index is 11.8. The highest BCUT2D eigenvalue weighted by Crippen LogP contribution is 2.30. The third-order valence-electron chi connectivity index (χ3n) is 5.03. The quantitative estimate of drug-likeness (QED) is 0.429. The number of carbonyl (C=O) groups is 2. The lowest BCUT2D eigenvalue weighted by Crippen LogP contribution is -2.60. The highest BCUT2D eigenvalue weighted by molar-refractivity contribution is 5.93. The van der Waals surface area contributed by atoms with Crippen molar-refractivity contribution in [1.29, 1.82) is 5.26 Å². The van der Waals surface area contributed by atoms with Crippen LogP contribution in [0.15, 0.2) is 24.7 Å². The molecule has 0 unspecified atom stereocenters. The van der Waals surface area contributed by atoms with Crippen LogP contribution in [0, 0.1) is 17.2 Å². The molecule has 1 fully saturated rings. The van der Waals surface area contributed by atoms with E-state index in [9.17, 15) is 20.0 Å². The summed E-state index contributed by atoms with van der Waals surface area (Å²) >= 11 is 0. The molecule has 1 amide bonds. The van der Waals surface area contributed by atoms with Crippen LogP contribution in [0.2, 0.25) is 0 Å². The van der Waals surface area contributed by atoms with Crippen molar-refractivity contribution in [2.24, 2.45) is 5.92 Å². The third-order valence-corrected chi connectivity index (χ3v) is 5.03. The number of rotatable bonds is 8. The Bertz CT molecular complexity index is 971. The van der Waals surface area contributed by atoms with Crippen LogP contribution in [0.4, 0.5) is 11.5 Å². The zero-order valence-electron chi connectivity index (χ0n) is 17.0. The molecule has 1 aliphatic carbocycles. The second-order valence-electron chi connectivity index (χ2n) is 7.42. The van der Waals surface area contributed by atoms with Crippen LogP contribution in [-0.2, 0) is 9.59 Å². The molecule has 0 saturated heterocycles. The fraction of sp³-hybridized carbons (Fsp3) is 0.400. The topological polar surface area (TPSA) is 144 Å². The number of aliphatic hydroxyl groups excluding tert-OH is 1. The van der Waals surface area contributed by atoms with E-state index in [1.54, 1.807) is 20.2 Å². The molecule has 10 nitrogen and oxygen atoms in total. The summed E-state index contributed by atoms with van der Waals surface area (Å²) < 4.78 is 0. The molecule has 156 valence electrons. The van der Waals surface area contributed by atoms with Crippen molar-refractivity contribution < 1.29 is 14.7 Å². The summed E-state index contributed by atoms with van der Waals surface area (Å²) in [6.45, 7) is 1.48. The van der Waals surface area contributed by atoms with Gasteiger partial charge >= 0.3 is 0 Å². The fourth-order valence-electron chi connectivity index (χ4n) is 2.94. The summed E-state index contributed by atoms with van der Waals surface area (Å²) in [5, 5.41) is 25.3. The lowest BCUT2D eigenvalue weighted by molar-refractivity contribution is -0.121. The number of aldehydes is 1. The van der Waals surface area contributed by atoms with E-state index < -0.39 is 11.8 Å². The number of pyridine rings is 1. The van der Waals surface area contributed by atoms with E-state index >= 15 is 0 Å². The van der Waals surface area contributed by atoms with Crippen LogP contribution in [0.3, 0.4) is 0 Å². The minimum absolute atomic E-state index is 0.0596. The molecule has 2 aromatic rings. The Labute approximate surface area is 174 Å². The third kappa shape index (κ3) is 4.27. The zero-order valence-corrected chi connectivity index (χ0v) is 17.0. The van der Waals surface area contributed by atoms with Crippen molar-refractivity contribution in [3.63, 3.8) is 0 Å². The van der Waals surface area contributed by atoms with E-state index in [-0.39, 0.29) is 23.2 Å². The molecule has 2 atom stereocenters. The average Bonchev–Trinajstić information content (AvgIpc) is 3.57. The van der Waals surface area contributed by atoms with Gasteiger partial charge in [-0.05, 0) is 39.9 Å². The molecule has 0 bridgehead atoms. The molecule has 1 saturated carbocycles. The van der Waals surface area contributed by atoms with Crippen LogP contribution in [0.5, 0.6) is 0 Å². The summed E-state index contributed by atoms with van der Waals surface area (Å²) in [5.74, 6) is 0.361. The Hall–Kier alpha value is -3.42. The smallest absolute Gasteiger partial charge is 0.228 e. The standard InChI is InChI=1S/C20H23N7O3/c1-12(29)20(11-28,27(2)3)26-15-6-14(8-22-16(15)7-21)17-9-24-18(10-23-17)25-19(30)13-4-5-13/h6,8-13,26,29H,4-5H2,1-3H3,(H,24,25,30)/t12-,20+/m0/s1. The summed E-state index contributed by atoms with van der Waals surface area (Å²) in [6.07, 6.45) is 5.71. The van der Waals surface area contributed by atoms with Gasteiger partial charge in [-0.15, -0.1) is 0 Å². The summed E-state index contributed by atoms with van der Waals surface area (Å²) in [5.41, 5.74) is -0.0983. The van der Waals surface area contributed by atoms with Gasteiger partial charge in [0.25, 0.3) is 0 Å². The van der Waals surface area contributed by atoms with E-state index in [1.165, 1.54) is 30.4 Å². The van der Waals surface area contributed by atoms with Crippen LogP contribution in [-0.4, -0.2) is 63.0 Å². The minimum Gasteiger partial charge on any atom is -0.389 e. The Morgan fingerprint density at radius 2 is 2.07 bits per heavy atom. The van der Waals surface area contributed by atoms with E-state index in [4.69, 9.17) is 0 Å².